The van der Waals surface area contributed by atoms with Crippen molar-refractivity contribution in [1.29, 1.82) is 0 Å². The van der Waals surface area contributed by atoms with Crippen molar-refractivity contribution < 1.29 is 22.3 Å². The van der Waals surface area contributed by atoms with Crippen molar-refractivity contribution in [3.63, 3.8) is 0 Å². The maximum absolute atomic E-state index is 10.8. The van der Waals surface area contributed by atoms with Crippen LogP contribution in [0.1, 0.15) is 24.2 Å². The molecule has 0 saturated carbocycles. The number of hydrogen-bond donors (Lipinski definition) is 2. The zero-order chi connectivity index (χ0) is 16.3. The lowest BCUT2D eigenvalue weighted by Gasteiger charge is -2.04. The SMILES string of the molecule is COC[n+]1c(C)[nH]c2c(CCCCS(=O)(=O)O)c(Br)ccc21. The Kier molecular flexibility index (Phi) is 5.60. The molecular weight excluding hydrogens is 372 g/mol. The number of ether oxygens (including phenoxy) is 1. The Labute approximate surface area is 138 Å². The lowest BCUT2D eigenvalue weighted by molar-refractivity contribution is -0.712. The van der Waals surface area contributed by atoms with Crippen molar-refractivity contribution in [3.8, 4) is 0 Å². The van der Waals surface area contributed by atoms with Gasteiger partial charge in [0.15, 0.2) is 17.8 Å². The molecule has 8 heteroatoms. The van der Waals surface area contributed by atoms with Crippen molar-refractivity contribution in [2.24, 2.45) is 0 Å². The molecule has 0 atom stereocenters. The molecule has 0 radical (unpaired) electrons. The number of aromatic amines is 1. The van der Waals surface area contributed by atoms with Gasteiger partial charge in [0.1, 0.15) is 0 Å². The molecule has 0 aliphatic heterocycles. The second-order valence-electron chi connectivity index (χ2n) is 5.22. The van der Waals surface area contributed by atoms with Gasteiger partial charge in [0.05, 0.1) is 5.75 Å². The largest absolute Gasteiger partial charge is 0.345 e. The summed E-state index contributed by atoms with van der Waals surface area (Å²) >= 11 is 3.55. The van der Waals surface area contributed by atoms with Crippen LogP contribution in [0.2, 0.25) is 0 Å². The van der Waals surface area contributed by atoms with Crippen molar-refractivity contribution >= 4 is 37.1 Å². The van der Waals surface area contributed by atoms with Gasteiger partial charge in [0.25, 0.3) is 15.9 Å². The van der Waals surface area contributed by atoms with E-state index in [9.17, 15) is 8.42 Å². The fourth-order valence-corrected chi connectivity index (χ4v) is 3.63. The molecule has 2 N–H and O–H groups in total. The molecule has 122 valence electrons. The first kappa shape index (κ1) is 17.4. The Bertz CT molecular complexity index is 771. The highest BCUT2D eigenvalue weighted by Gasteiger charge is 2.19. The van der Waals surface area contributed by atoms with E-state index < -0.39 is 10.1 Å². The molecule has 1 aromatic heterocycles. The number of hydrogen-bond acceptors (Lipinski definition) is 3. The predicted octanol–water partition coefficient (Wildman–Crippen LogP) is 2.34. The third kappa shape index (κ3) is 4.07. The zero-order valence-electron chi connectivity index (χ0n) is 12.6. The zero-order valence-corrected chi connectivity index (χ0v) is 15.0. The summed E-state index contributed by atoms with van der Waals surface area (Å²) in [5.74, 6) is 0.794. The van der Waals surface area contributed by atoms with Crippen LogP contribution in [0.15, 0.2) is 16.6 Å². The van der Waals surface area contributed by atoms with Gasteiger partial charge in [-0.2, -0.15) is 8.42 Å². The highest BCUT2D eigenvalue weighted by atomic mass is 79.9. The summed E-state index contributed by atoms with van der Waals surface area (Å²) in [4.78, 5) is 3.36. The van der Waals surface area contributed by atoms with Crippen molar-refractivity contribution in [2.45, 2.75) is 32.9 Å². The third-order valence-corrected chi connectivity index (χ3v) is 5.12. The number of nitrogens with zero attached hydrogens (tertiary/aromatic N) is 1. The molecular formula is C14H20BrN2O4S+. The minimum absolute atomic E-state index is 0.200. The molecule has 0 aliphatic rings. The Morgan fingerprint density at radius 1 is 1.36 bits per heavy atom. The lowest BCUT2D eigenvalue weighted by Crippen LogP contribution is -2.36. The Balaban J connectivity index is 2.25. The summed E-state index contributed by atoms with van der Waals surface area (Å²) in [7, 11) is -2.23. The molecule has 0 fully saturated rings. The normalized spacial score (nSPS) is 12.2. The minimum Gasteiger partial charge on any atom is -0.345 e. The molecule has 6 nitrogen and oxygen atoms in total. The van der Waals surface area contributed by atoms with Crippen LogP contribution in [0.5, 0.6) is 0 Å². The molecule has 0 bridgehead atoms. The number of halogens is 1. The van der Waals surface area contributed by atoms with Crippen LogP contribution < -0.4 is 4.57 Å². The molecule has 0 amide bonds. The molecule has 0 spiro atoms. The van der Waals surface area contributed by atoms with Gasteiger partial charge in [-0.1, -0.05) is 15.9 Å². The Hall–Kier alpha value is -0.960. The van der Waals surface area contributed by atoms with E-state index in [1.165, 1.54) is 0 Å². The smallest absolute Gasteiger partial charge is 0.264 e. The van der Waals surface area contributed by atoms with Crippen molar-refractivity contribution in [1.82, 2.24) is 4.98 Å². The topological polar surface area (TPSA) is 83.3 Å². The molecule has 1 heterocycles. The van der Waals surface area contributed by atoms with E-state index in [1.807, 2.05) is 23.6 Å². The van der Waals surface area contributed by atoms with E-state index in [2.05, 4.69) is 20.9 Å². The summed E-state index contributed by atoms with van der Waals surface area (Å²) < 4.78 is 38.6. The first-order chi connectivity index (χ1) is 10.3. The number of fused-ring (bicyclic) bond motifs is 1. The van der Waals surface area contributed by atoms with Crippen LogP contribution in [0, 0.1) is 6.92 Å². The predicted molar refractivity (Wildman–Crippen MR) is 87.3 cm³/mol. The van der Waals surface area contributed by atoms with Gasteiger partial charge < -0.3 is 4.74 Å². The average Bonchev–Trinajstić information content (AvgIpc) is 2.73. The summed E-state index contributed by atoms with van der Waals surface area (Å²) in [5.41, 5.74) is 3.17. The Morgan fingerprint density at radius 2 is 2.09 bits per heavy atom. The summed E-state index contributed by atoms with van der Waals surface area (Å²) in [6.07, 6.45) is 1.83. The standard InChI is InChI=1S/C14H19BrN2O4S/c1-10-16-14-11(5-3-4-8-22(18,19)20)12(15)6-7-13(14)17(10)9-21-2/h6-7H,3-5,8-9H2,1-2H3,(H,18,19,20)/p+1. The lowest BCUT2D eigenvalue weighted by atomic mass is 10.1. The number of H-pyrrole nitrogens is 1. The van der Waals surface area contributed by atoms with Crippen molar-refractivity contribution in [3.05, 3.63) is 28.0 Å². The number of aryl methyl sites for hydroxylation is 2. The van der Waals surface area contributed by atoms with E-state index in [1.54, 1.807) is 7.11 Å². The van der Waals surface area contributed by atoms with Gasteiger partial charge in [-0.15, -0.1) is 0 Å². The van der Waals surface area contributed by atoms with E-state index in [0.717, 1.165) is 33.3 Å². The van der Waals surface area contributed by atoms with E-state index in [0.29, 0.717) is 19.6 Å². The maximum atomic E-state index is 10.8. The molecule has 1 aromatic carbocycles. The highest BCUT2D eigenvalue weighted by Crippen LogP contribution is 2.26. The second-order valence-corrected chi connectivity index (χ2v) is 7.65. The first-order valence-electron chi connectivity index (χ1n) is 6.97. The van der Waals surface area contributed by atoms with Gasteiger partial charge in [-0.3, -0.25) is 4.55 Å². The number of aromatic nitrogens is 2. The maximum Gasteiger partial charge on any atom is 0.264 e. The quantitative estimate of drug-likeness (QED) is 0.431. The molecule has 2 aromatic rings. The van der Waals surface area contributed by atoms with Crippen LogP contribution in [0.25, 0.3) is 11.0 Å². The van der Waals surface area contributed by atoms with Crippen LogP contribution in [-0.4, -0.2) is 30.8 Å². The summed E-state index contributed by atoms with van der Waals surface area (Å²) in [6.45, 7) is 2.45. The fraction of sp³-hybridized carbons (Fsp3) is 0.500. The van der Waals surface area contributed by atoms with Gasteiger partial charge in [-0.05, 0) is 31.4 Å². The molecule has 0 unspecified atom stereocenters. The number of imidazole rings is 1. The molecule has 0 aliphatic carbocycles. The second kappa shape index (κ2) is 7.08. The molecule has 2 rings (SSSR count). The van der Waals surface area contributed by atoms with E-state index >= 15 is 0 Å². The highest BCUT2D eigenvalue weighted by molar-refractivity contribution is 9.10. The van der Waals surface area contributed by atoms with E-state index in [-0.39, 0.29) is 5.75 Å². The Morgan fingerprint density at radius 3 is 2.73 bits per heavy atom. The van der Waals surface area contributed by atoms with Crippen molar-refractivity contribution in [2.75, 3.05) is 12.9 Å². The van der Waals surface area contributed by atoms with Crippen LogP contribution in [0.4, 0.5) is 0 Å². The number of methoxy groups -OCH3 is 1. The van der Waals surface area contributed by atoms with Gasteiger partial charge in [0, 0.05) is 24.1 Å². The van der Waals surface area contributed by atoms with Crippen LogP contribution in [-0.2, 0) is 28.0 Å². The summed E-state index contributed by atoms with van der Waals surface area (Å²) in [5, 5.41) is 0. The van der Waals surface area contributed by atoms with E-state index in [4.69, 9.17) is 9.29 Å². The summed E-state index contributed by atoms with van der Waals surface area (Å²) in [6, 6.07) is 4.00. The van der Waals surface area contributed by atoms with Gasteiger partial charge in [0.2, 0.25) is 0 Å². The van der Waals surface area contributed by atoms with Crippen LogP contribution in [0.3, 0.4) is 0 Å². The van der Waals surface area contributed by atoms with Gasteiger partial charge >= 0.3 is 0 Å². The average molecular weight is 392 g/mol. The number of benzene rings is 1. The number of unbranched alkanes of at least 4 members (excludes halogenated alkanes) is 1. The van der Waals surface area contributed by atoms with Gasteiger partial charge in [-0.25, -0.2) is 9.55 Å². The fourth-order valence-electron chi connectivity index (χ4n) is 2.53. The number of nitrogens with one attached hydrogen (secondary N) is 1. The minimum atomic E-state index is -3.88. The first-order valence-corrected chi connectivity index (χ1v) is 9.37. The molecule has 0 saturated heterocycles. The van der Waals surface area contributed by atoms with Crippen LogP contribution >= 0.6 is 15.9 Å². The third-order valence-electron chi connectivity index (χ3n) is 3.57. The monoisotopic (exact) mass is 391 g/mol. The molecule has 22 heavy (non-hydrogen) atoms. The number of rotatable bonds is 7.